The molecule has 1 N–H and O–H groups in total. The van der Waals surface area contributed by atoms with Crippen LogP contribution in [0.15, 0.2) is 30.6 Å². The molecule has 1 aromatic carbocycles. The third-order valence-corrected chi connectivity index (χ3v) is 4.61. The van der Waals surface area contributed by atoms with Crippen LogP contribution in [0.1, 0.15) is 18.4 Å². The molecule has 1 fully saturated rings. The lowest BCUT2D eigenvalue weighted by atomic mass is 10.1. The first kappa shape index (κ1) is 17.7. The Hall–Kier alpha value is -2.74. The smallest absolute Gasteiger partial charge is 0.317 e. The molecule has 4 rings (SSSR count). The molecule has 0 spiro atoms. The van der Waals surface area contributed by atoms with Crippen molar-refractivity contribution in [3.05, 3.63) is 41.2 Å². The van der Waals surface area contributed by atoms with E-state index in [0.29, 0.717) is 30.4 Å². The van der Waals surface area contributed by atoms with Gasteiger partial charge in [0.15, 0.2) is 11.5 Å². The summed E-state index contributed by atoms with van der Waals surface area (Å²) in [5.41, 5.74) is 0.951. The fraction of sp³-hybridized carbons (Fsp3) is 0.389. The maximum Gasteiger partial charge on any atom is 0.317 e. The number of ether oxygens (including phenoxy) is 3. The highest BCUT2D eigenvalue weighted by atomic mass is 35.5. The Labute approximate surface area is 161 Å². The maximum absolute atomic E-state index is 12.5. The highest BCUT2D eigenvalue weighted by molar-refractivity contribution is 6.30. The zero-order valence-corrected chi connectivity index (χ0v) is 15.3. The van der Waals surface area contributed by atoms with Crippen LogP contribution < -0.4 is 19.5 Å². The van der Waals surface area contributed by atoms with Gasteiger partial charge in [-0.05, 0) is 30.5 Å². The fourth-order valence-corrected chi connectivity index (χ4v) is 3.17. The molecule has 2 aromatic rings. The molecule has 0 saturated carbocycles. The van der Waals surface area contributed by atoms with Gasteiger partial charge in [0, 0.05) is 13.1 Å². The van der Waals surface area contributed by atoms with Gasteiger partial charge in [-0.2, -0.15) is 0 Å². The van der Waals surface area contributed by atoms with Crippen molar-refractivity contribution in [2.45, 2.75) is 25.5 Å². The third-order valence-electron chi connectivity index (χ3n) is 4.41. The lowest BCUT2D eigenvalue weighted by Gasteiger charge is -2.32. The van der Waals surface area contributed by atoms with Gasteiger partial charge in [0.2, 0.25) is 6.79 Å². The predicted octanol–water partition coefficient (Wildman–Crippen LogP) is 2.61. The van der Waals surface area contributed by atoms with Gasteiger partial charge in [0.25, 0.3) is 0 Å². The number of amides is 2. The first-order chi connectivity index (χ1) is 13.2. The van der Waals surface area contributed by atoms with E-state index in [-0.39, 0.29) is 24.9 Å². The second-order valence-corrected chi connectivity index (χ2v) is 6.79. The molecule has 1 saturated heterocycles. The van der Waals surface area contributed by atoms with E-state index < -0.39 is 0 Å². The van der Waals surface area contributed by atoms with E-state index in [9.17, 15) is 4.79 Å². The summed E-state index contributed by atoms with van der Waals surface area (Å²) in [6.07, 6.45) is 4.54. The van der Waals surface area contributed by atoms with Crippen molar-refractivity contribution in [2.75, 3.05) is 19.9 Å². The van der Waals surface area contributed by atoms with Gasteiger partial charge >= 0.3 is 12.0 Å². The second kappa shape index (κ2) is 7.87. The maximum atomic E-state index is 12.5. The SMILES string of the molecule is O=C(NCc1ccc2c(c1)OCO2)N1CCCC(Oc2ncc(Cl)cn2)C1. The van der Waals surface area contributed by atoms with Crippen LogP contribution in [-0.4, -0.2) is 46.9 Å². The average molecular weight is 391 g/mol. The molecule has 9 heteroatoms. The minimum absolute atomic E-state index is 0.127. The number of nitrogens with one attached hydrogen (secondary N) is 1. The molecule has 0 bridgehead atoms. The highest BCUT2D eigenvalue weighted by Gasteiger charge is 2.25. The molecule has 0 aliphatic carbocycles. The zero-order chi connectivity index (χ0) is 18.6. The van der Waals surface area contributed by atoms with Crippen LogP contribution in [0.4, 0.5) is 4.79 Å². The predicted molar refractivity (Wildman–Crippen MR) is 97.1 cm³/mol. The molecule has 2 amide bonds. The van der Waals surface area contributed by atoms with E-state index in [1.807, 2.05) is 18.2 Å². The summed E-state index contributed by atoms with van der Waals surface area (Å²) in [5, 5.41) is 3.39. The van der Waals surface area contributed by atoms with Gasteiger partial charge in [0.1, 0.15) is 6.10 Å². The summed E-state index contributed by atoms with van der Waals surface area (Å²) in [5.74, 6) is 1.43. The standard InChI is InChI=1S/C18H19ClN4O4/c19-13-8-20-17(21-9-13)27-14-2-1-5-23(10-14)18(24)22-7-12-3-4-15-16(6-12)26-11-25-15/h3-4,6,8-9,14H,1-2,5,7,10-11H2,(H,22,24). The number of fused-ring (bicyclic) bond motifs is 1. The molecule has 2 aliphatic heterocycles. The van der Waals surface area contributed by atoms with Gasteiger partial charge in [-0.3, -0.25) is 0 Å². The number of hydrogen-bond acceptors (Lipinski definition) is 6. The monoisotopic (exact) mass is 390 g/mol. The Kier molecular flexibility index (Phi) is 5.15. The number of hydrogen-bond donors (Lipinski definition) is 1. The second-order valence-electron chi connectivity index (χ2n) is 6.36. The van der Waals surface area contributed by atoms with Crippen LogP contribution in [0.2, 0.25) is 5.02 Å². The van der Waals surface area contributed by atoms with Gasteiger partial charge in [-0.1, -0.05) is 17.7 Å². The van der Waals surface area contributed by atoms with Crippen molar-refractivity contribution >= 4 is 17.6 Å². The van der Waals surface area contributed by atoms with Crippen molar-refractivity contribution in [1.82, 2.24) is 20.2 Å². The molecule has 142 valence electrons. The summed E-state index contributed by atoms with van der Waals surface area (Å²) in [4.78, 5) is 22.3. The molecule has 1 atom stereocenters. The third kappa shape index (κ3) is 4.33. The molecular formula is C18H19ClN4O4. The number of urea groups is 1. The number of likely N-dealkylation sites (tertiary alicyclic amines) is 1. The zero-order valence-electron chi connectivity index (χ0n) is 14.6. The van der Waals surface area contributed by atoms with Crippen molar-refractivity contribution in [3.8, 4) is 17.5 Å². The van der Waals surface area contributed by atoms with E-state index in [0.717, 1.165) is 24.2 Å². The van der Waals surface area contributed by atoms with E-state index in [1.165, 1.54) is 12.4 Å². The Balaban J connectivity index is 1.29. The Morgan fingerprint density at radius 2 is 2.11 bits per heavy atom. The van der Waals surface area contributed by atoms with Gasteiger partial charge in [0.05, 0.1) is 24.0 Å². The minimum Gasteiger partial charge on any atom is -0.458 e. The highest BCUT2D eigenvalue weighted by Crippen LogP contribution is 2.32. The van der Waals surface area contributed by atoms with Crippen molar-refractivity contribution in [1.29, 1.82) is 0 Å². The molecule has 8 nitrogen and oxygen atoms in total. The number of rotatable bonds is 4. The average Bonchev–Trinajstić information content (AvgIpc) is 3.16. The first-order valence-electron chi connectivity index (χ1n) is 8.73. The molecule has 27 heavy (non-hydrogen) atoms. The van der Waals surface area contributed by atoms with E-state index in [1.54, 1.807) is 4.90 Å². The van der Waals surface area contributed by atoms with Crippen LogP contribution in [0, 0.1) is 0 Å². The van der Waals surface area contributed by atoms with Crippen LogP contribution in [0.25, 0.3) is 0 Å². The Morgan fingerprint density at radius 1 is 1.30 bits per heavy atom. The summed E-state index contributed by atoms with van der Waals surface area (Å²) < 4.78 is 16.4. The summed E-state index contributed by atoms with van der Waals surface area (Å²) in [6.45, 7) is 1.82. The van der Waals surface area contributed by atoms with Gasteiger partial charge < -0.3 is 24.4 Å². The fourth-order valence-electron chi connectivity index (χ4n) is 3.07. The number of nitrogens with zero attached hydrogens (tertiary/aromatic N) is 3. The van der Waals surface area contributed by atoms with E-state index in [4.69, 9.17) is 25.8 Å². The van der Waals surface area contributed by atoms with Crippen molar-refractivity contribution in [2.24, 2.45) is 0 Å². The number of halogens is 1. The number of piperidine rings is 1. The molecule has 1 aromatic heterocycles. The quantitative estimate of drug-likeness (QED) is 0.863. The van der Waals surface area contributed by atoms with Crippen molar-refractivity contribution in [3.63, 3.8) is 0 Å². The normalized spacial score (nSPS) is 18.3. The summed E-state index contributed by atoms with van der Waals surface area (Å²) in [6, 6.07) is 5.78. The van der Waals surface area contributed by atoms with E-state index in [2.05, 4.69) is 15.3 Å². The number of benzene rings is 1. The molecule has 1 unspecified atom stereocenters. The van der Waals surface area contributed by atoms with Crippen LogP contribution in [0.5, 0.6) is 17.5 Å². The van der Waals surface area contributed by atoms with Gasteiger partial charge in [-0.25, -0.2) is 14.8 Å². The minimum atomic E-state index is -0.142. The summed E-state index contributed by atoms with van der Waals surface area (Å²) >= 11 is 5.78. The van der Waals surface area contributed by atoms with Crippen LogP contribution in [-0.2, 0) is 6.54 Å². The lowest BCUT2D eigenvalue weighted by Crippen LogP contribution is -2.48. The number of carbonyl (C=O) groups excluding carboxylic acids is 1. The number of carbonyl (C=O) groups is 1. The van der Waals surface area contributed by atoms with Crippen LogP contribution in [0.3, 0.4) is 0 Å². The molecule has 2 aliphatic rings. The number of aromatic nitrogens is 2. The molecule has 3 heterocycles. The molecule has 0 radical (unpaired) electrons. The lowest BCUT2D eigenvalue weighted by molar-refractivity contribution is 0.0938. The van der Waals surface area contributed by atoms with Crippen molar-refractivity contribution < 1.29 is 19.0 Å². The molecular weight excluding hydrogens is 372 g/mol. The summed E-state index contributed by atoms with van der Waals surface area (Å²) in [7, 11) is 0. The topological polar surface area (TPSA) is 85.8 Å². The van der Waals surface area contributed by atoms with Gasteiger partial charge in [-0.15, -0.1) is 0 Å². The Bertz CT molecular complexity index is 818. The first-order valence-corrected chi connectivity index (χ1v) is 9.11. The Morgan fingerprint density at radius 3 is 2.96 bits per heavy atom. The largest absolute Gasteiger partial charge is 0.458 e. The van der Waals surface area contributed by atoms with Crippen LogP contribution >= 0.6 is 11.6 Å². The van der Waals surface area contributed by atoms with E-state index >= 15 is 0 Å².